The lowest BCUT2D eigenvalue weighted by molar-refractivity contribution is -0.134. The van der Waals surface area contributed by atoms with Crippen LogP contribution in [0.4, 0.5) is 4.39 Å². The number of halogens is 2. The molecular formula is C17H26ClFN2O. The average molecular weight is 329 g/mol. The highest BCUT2D eigenvalue weighted by Crippen LogP contribution is 2.29. The van der Waals surface area contributed by atoms with Gasteiger partial charge in [-0.05, 0) is 50.3 Å². The topological polar surface area (TPSA) is 46.3 Å². The Labute approximate surface area is 138 Å². The van der Waals surface area contributed by atoms with Crippen molar-refractivity contribution in [1.82, 2.24) is 4.90 Å². The van der Waals surface area contributed by atoms with Crippen molar-refractivity contribution in [3.63, 3.8) is 0 Å². The van der Waals surface area contributed by atoms with Crippen molar-refractivity contribution >= 4 is 18.3 Å². The van der Waals surface area contributed by atoms with Gasteiger partial charge >= 0.3 is 0 Å². The van der Waals surface area contributed by atoms with Gasteiger partial charge in [-0.1, -0.05) is 18.6 Å². The standard InChI is InChI=1S/C17H25FN2O.ClH/c1-3-20(12(2)13-7-9-15(18)10-8-13)17(21)11-14-5-4-6-16(14)19;/h7-10,12,14,16H,3-6,11,19H2,1-2H3;1H/t12?,14-,16+;/m0./s1. The summed E-state index contributed by atoms with van der Waals surface area (Å²) in [5, 5.41) is 0. The van der Waals surface area contributed by atoms with Crippen LogP contribution >= 0.6 is 12.4 Å². The third-order valence-corrected chi connectivity index (χ3v) is 4.64. The van der Waals surface area contributed by atoms with E-state index in [0.29, 0.717) is 18.9 Å². The van der Waals surface area contributed by atoms with E-state index in [1.807, 2.05) is 18.7 Å². The molecule has 0 heterocycles. The van der Waals surface area contributed by atoms with E-state index < -0.39 is 0 Å². The van der Waals surface area contributed by atoms with Crippen molar-refractivity contribution in [1.29, 1.82) is 0 Å². The maximum absolute atomic E-state index is 13.0. The third-order valence-electron chi connectivity index (χ3n) is 4.64. The van der Waals surface area contributed by atoms with Crippen molar-refractivity contribution < 1.29 is 9.18 Å². The zero-order valence-corrected chi connectivity index (χ0v) is 14.1. The number of carbonyl (C=O) groups excluding carboxylic acids is 1. The third kappa shape index (κ3) is 4.43. The van der Waals surface area contributed by atoms with Crippen molar-refractivity contribution in [2.75, 3.05) is 6.54 Å². The molecule has 3 atom stereocenters. The van der Waals surface area contributed by atoms with Crippen LogP contribution in [0.25, 0.3) is 0 Å². The van der Waals surface area contributed by atoms with Crippen LogP contribution in [0.5, 0.6) is 0 Å². The Balaban J connectivity index is 0.00000242. The largest absolute Gasteiger partial charge is 0.336 e. The van der Waals surface area contributed by atoms with Crippen LogP contribution in [-0.4, -0.2) is 23.4 Å². The van der Waals surface area contributed by atoms with Gasteiger partial charge < -0.3 is 10.6 Å². The van der Waals surface area contributed by atoms with Crippen LogP contribution in [0.15, 0.2) is 24.3 Å². The summed E-state index contributed by atoms with van der Waals surface area (Å²) in [6.07, 6.45) is 3.73. The summed E-state index contributed by atoms with van der Waals surface area (Å²) < 4.78 is 13.0. The predicted molar refractivity (Wildman–Crippen MR) is 89.4 cm³/mol. The van der Waals surface area contributed by atoms with E-state index in [4.69, 9.17) is 5.73 Å². The van der Waals surface area contributed by atoms with Gasteiger partial charge in [-0.2, -0.15) is 0 Å². The Bertz CT molecular complexity index is 480. The lowest BCUT2D eigenvalue weighted by Gasteiger charge is -2.30. The van der Waals surface area contributed by atoms with Crippen molar-refractivity contribution in [2.45, 2.75) is 51.6 Å². The predicted octanol–water partition coefficient (Wildman–Crippen LogP) is 3.67. The molecule has 0 radical (unpaired) electrons. The van der Waals surface area contributed by atoms with Gasteiger partial charge in [-0.3, -0.25) is 4.79 Å². The van der Waals surface area contributed by atoms with E-state index in [9.17, 15) is 9.18 Å². The first-order valence-corrected chi connectivity index (χ1v) is 7.83. The molecule has 2 rings (SSSR count). The maximum Gasteiger partial charge on any atom is 0.223 e. The Morgan fingerprint density at radius 3 is 2.50 bits per heavy atom. The van der Waals surface area contributed by atoms with E-state index in [0.717, 1.165) is 24.8 Å². The molecule has 0 aromatic heterocycles. The molecule has 0 spiro atoms. The molecule has 1 unspecified atom stereocenters. The van der Waals surface area contributed by atoms with Crippen LogP contribution in [-0.2, 0) is 4.79 Å². The van der Waals surface area contributed by atoms with Gasteiger partial charge in [0.15, 0.2) is 0 Å². The molecule has 0 bridgehead atoms. The Morgan fingerprint density at radius 1 is 1.36 bits per heavy atom. The molecule has 1 aliphatic carbocycles. The number of hydrogen-bond donors (Lipinski definition) is 1. The van der Waals surface area contributed by atoms with Crippen molar-refractivity contribution in [3.8, 4) is 0 Å². The van der Waals surface area contributed by atoms with Gasteiger partial charge in [-0.15, -0.1) is 12.4 Å². The molecule has 124 valence electrons. The molecule has 5 heteroatoms. The van der Waals surface area contributed by atoms with E-state index >= 15 is 0 Å². The zero-order valence-electron chi connectivity index (χ0n) is 13.3. The minimum Gasteiger partial charge on any atom is -0.336 e. The van der Waals surface area contributed by atoms with E-state index in [2.05, 4.69) is 0 Å². The van der Waals surface area contributed by atoms with E-state index in [1.54, 1.807) is 12.1 Å². The molecule has 22 heavy (non-hydrogen) atoms. The number of rotatable bonds is 5. The summed E-state index contributed by atoms with van der Waals surface area (Å²) >= 11 is 0. The minimum atomic E-state index is -0.253. The van der Waals surface area contributed by atoms with Crippen LogP contribution < -0.4 is 5.73 Å². The maximum atomic E-state index is 13.0. The number of nitrogens with two attached hydrogens (primary N) is 1. The highest BCUT2D eigenvalue weighted by atomic mass is 35.5. The molecule has 1 aliphatic rings. The Hall–Kier alpha value is -1.13. The number of benzene rings is 1. The lowest BCUT2D eigenvalue weighted by Crippen LogP contribution is -2.36. The average Bonchev–Trinajstić information content (AvgIpc) is 2.85. The summed E-state index contributed by atoms with van der Waals surface area (Å²) in [5.41, 5.74) is 7.02. The monoisotopic (exact) mass is 328 g/mol. The molecule has 0 saturated heterocycles. The molecule has 3 nitrogen and oxygen atoms in total. The Morgan fingerprint density at radius 2 is 2.00 bits per heavy atom. The molecular weight excluding hydrogens is 303 g/mol. The Kier molecular flexibility index (Phi) is 7.30. The van der Waals surface area contributed by atoms with Gasteiger partial charge in [0.05, 0.1) is 6.04 Å². The second-order valence-corrected chi connectivity index (χ2v) is 5.97. The second-order valence-electron chi connectivity index (χ2n) is 5.97. The summed E-state index contributed by atoms with van der Waals surface area (Å²) in [7, 11) is 0. The first-order chi connectivity index (χ1) is 10.0. The molecule has 1 aromatic carbocycles. The van der Waals surface area contributed by atoms with E-state index in [-0.39, 0.29) is 36.2 Å². The van der Waals surface area contributed by atoms with Crippen LogP contribution in [0.1, 0.15) is 51.1 Å². The van der Waals surface area contributed by atoms with E-state index in [1.165, 1.54) is 12.1 Å². The van der Waals surface area contributed by atoms with Gasteiger partial charge in [-0.25, -0.2) is 4.39 Å². The second kappa shape index (κ2) is 8.49. The SMILES string of the molecule is CCN(C(=O)C[C@@H]1CCC[C@H]1N)C(C)c1ccc(F)cc1.Cl. The van der Waals surface area contributed by atoms with Gasteiger partial charge in [0, 0.05) is 19.0 Å². The summed E-state index contributed by atoms with van der Waals surface area (Å²) in [5.74, 6) is 0.209. The number of nitrogens with zero attached hydrogens (tertiary/aromatic N) is 1. The van der Waals surface area contributed by atoms with Gasteiger partial charge in [0.1, 0.15) is 5.82 Å². The van der Waals surface area contributed by atoms with Crippen molar-refractivity contribution in [2.24, 2.45) is 11.7 Å². The molecule has 0 aliphatic heterocycles. The molecule has 1 aromatic rings. The fraction of sp³-hybridized carbons (Fsp3) is 0.588. The quantitative estimate of drug-likeness (QED) is 0.896. The molecule has 2 N–H and O–H groups in total. The lowest BCUT2D eigenvalue weighted by atomic mass is 9.98. The molecule has 1 fully saturated rings. The van der Waals surface area contributed by atoms with Gasteiger partial charge in [0.25, 0.3) is 0 Å². The van der Waals surface area contributed by atoms with Crippen LogP contribution in [0.2, 0.25) is 0 Å². The first kappa shape index (κ1) is 18.9. The number of amides is 1. The fourth-order valence-electron chi connectivity index (χ4n) is 3.25. The highest BCUT2D eigenvalue weighted by molar-refractivity contribution is 5.85. The van der Waals surface area contributed by atoms with Crippen LogP contribution in [0, 0.1) is 11.7 Å². The van der Waals surface area contributed by atoms with Gasteiger partial charge in [0.2, 0.25) is 5.91 Å². The molecule has 1 saturated carbocycles. The highest BCUT2D eigenvalue weighted by Gasteiger charge is 2.29. The smallest absolute Gasteiger partial charge is 0.223 e. The minimum absolute atomic E-state index is 0. The summed E-state index contributed by atoms with van der Waals surface area (Å²) in [4.78, 5) is 14.4. The zero-order chi connectivity index (χ0) is 15.4. The van der Waals surface area contributed by atoms with Crippen LogP contribution in [0.3, 0.4) is 0 Å². The summed E-state index contributed by atoms with van der Waals surface area (Å²) in [6, 6.07) is 6.50. The fourth-order valence-corrected chi connectivity index (χ4v) is 3.25. The molecule has 1 amide bonds. The van der Waals surface area contributed by atoms with Crippen molar-refractivity contribution in [3.05, 3.63) is 35.6 Å². The normalized spacial score (nSPS) is 22.0. The first-order valence-electron chi connectivity index (χ1n) is 7.83. The number of carbonyl (C=O) groups is 1. The summed E-state index contributed by atoms with van der Waals surface area (Å²) in [6.45, 7) is 4.62. The number of hydrogen-bond acceptors (Lipinski definition) is 2.